The minimum absolute atomic E-state index is 0.0106. The van der Waals surface area contributed by atoms with Crippen LogP contribution in [0.4, 0.5) is 10.5 Å². The third-order valence-corrected chi connectivity index (χ3v) is 10.5. The van der Waals surface area contributed by atoms with E-state index in [9.17, 15) is 24.3 Å². The molecule has 1 aromatic rings. The van der Waals surface area contributed by atoms with Crippen LogP contribution in [0.1, 0.15) is 135 Å². The molecule has 248 valence electrons. The van der Waals surface area contributed by atoms with Crippen LogP contribution in [0, 0.1) is 17.8 Å². The van der Waals surface area contributed by atoms with E-state index >= 15 is 0 Å². The molecule has 9 nitrogen and oxygen atoms in total. The zero-order valence-electron chi connectivity index (χ0n) is 28.2. The van der Waals surface area contributed by atoms with Gasteiger partial charge in [-0.15, -0.1) is 11.3 Å². The summed E-state index contributed by atoms with van der Waals surface area (Å²) in [6, 6.07) is 0.879. The van der Waals surface area contributed by atoms with E-state index in [0.29, 0.717) is 43.7 Å². The maximum absolute atomic E-state index is 14.2. The second kappa shape index (κ2) is 14.6. The molecule has 0 unspecified atom stereocenters. The second-order valence-electron chi connectivity index (χ2n) is 14.9. The lowest BCUT2D eigenvalue weighted by molar-refractivity contribution is -0.154. The number of amides is 2. The summed E-state index contributed by atoms with van der Waals surface area (Å²) in [4.78, 5) is 55.3. The Bertz CT molecular complexity index is 1170. The number of ether oxygens (including phenoxy) is 2. The molecule has 3 rings (SSSR count). The Kier molecular flexibility index (Phi) is 11.9. The number of aromatic carboxylic acids is 1. The SMILES string of the molecule is CC[C@@H](C)[C@@H](NC(=O)OC(C)(C)C)C(=O)O[C@H]1CC[C@H](N(c2cc(C(C)(C)C)sc2C(=O)O)C(=O)[C@H]2CC[C@H](C)CC2)CC1. The van der Waals surface area contributed by atoms with E-state index in [0.717, 1.165) is 30.6 Å². The number of esters is 1. The van der Waals surface area contributed by atoms with Crippen LogP contribution < -0.4 is 10.2 Å². The number of nitrogens with zero attached hydrogens (tertiary/aromatic N) is 1. The molecule has 0 aliphatic heterocycles. The van der Waals surface area contributed by atoms with E-state index in [1.807, 2.05) is 40.7 Å². The van der Waals surface area contributed by atoms with Crippen molar-refractivity contribution in [3.8, 4) is 0 Å². The van der Waals surface area contributed by atoms with Crippen LogP contribution in [0.3, 0.4) is 0 Å². The summed E-state index contributed by atoms with van der Waals surface area (Å²) in [5.41, 5.74) is -0.454. The summed E-state index contributed by atoms with van der Waals surface area (Å²) in [6.07, 6.45) is 5.50. The van der Waals surface area contributed by atoms with E-state index in [4.69, 9.17) is 9.47 Å². The number of carbonyl (C=O) groups is 4. The van der Waals surface area contributed by atoms with Gasteiger partial charge in [-0.25, -0.2) is 14.4 Å². The number of thiophene rings is 1. The molecule has 0 bridgehead atoms. The number of anilines is 1. The number of carbonyl (C=O) groups excluding carboxylic acids is 3. The van der Waals surface area contributed by atoms with E-state index in [1.165, 1.54) is 11.3 Å². The summed E-state index contributed by atoms with van der Waals surface area (Å²) in [7, 11) is 0. The number of carboxylic acids is 1. The van der Waals surface area contributed by atoms with Crippen LogP contribution in [0.15, 0.2) is 6.07 Å². The van der Waals surface area contributed by atoms with Gasteiger partial charge in [0.2, 0.25) is 5.91 Å². The Morgan fingerprint density at radius 3 is 2.09 bits per heavy atom. The second-order valence-corrected chi connectivity index (χ2v) is 16.0. The average molecular weight is 635 g/mol. The first-order valence-electron chi connectivity index (χ1n) is 16.3. The number of carboxylic acid groups (broad SMARTS) is 1. The van der Waals surface area contributed by atoms with Crippen molar-refractivity contribution in [3.05, 3.63) is 15.8 Å². The van der Waals surface area contributed by atoms with E-state index < -0.39 is 29.7 Å². The first-order chi connectivity index (χ1) is 20.4. The van der Waals surface area contributed by atoms with Crippen molar-refractivity contribution in [1.29, 1.82) is 0 Å². The maximum atomic E-state index is 14.2. The summed E-state index contributed by atoms with van der Waals surface area (Å²) >= 11 is 1.25. The van der Waals surface area contributed by atoms with Crippen molar-refractivity contribution in [1.82, 2.24) is 5.32 Å². The van der Waals surface area contributed by atoms with Crippen LogP contribution in [-0.4, -0.2) is 52.8 Å². The standard InChI is InChI=1S/C34H54N2O7S/c1-10-21(3)27(35-32(41)43-34(7,8)9)31(40)42-24-17-15-23(16-18-24)36(29(37)22-13-11-20(2)12-14-22)25-19-26(33(4,5)6)44-28(25)30(38)39/h19-24,27H,10-18H2,1-9H3,(H,35,41)(H,38,39)/t20-,21-,22-,23-,24-,27-/m1/s1. The summed E-state index contributed by atoms with van der Waals surface area (Å²) in [6.45, 7) is 17.5. The molecular weight excluding hydrogens is 580 g/mol. The molecule has 10 heteroatoms. The van der Waals surface area contributed by atoms with Crippen LogP contribution in [0.5, 0.6) is 0 Å². The molecule has 2 atom stereocenters. The molecule has 2 saturated carbocycles. The normalized spacial score (nSPS) is 24.1. The predicted molar refractivity (Wildman–Crippen MR) is 173 cm³/mol. The quantitative estimate of drug-likeness (QED) is 0.267. The van der Waals surface area contributed by atoms with E-state index in [1.54, 1.807) is 25.7 Å². The van der Waals surface area contributed by atoms with Crippen molar-refractivity contribution >= 4 is 41.0 Å². The first-order valence-corrected chi connectivity index (χ1v) is 17.1. The third-order valence-electron chi connectivity index (χ3n) is 8.94. The van der Waals surface area contributed by atoms with Gasteiger partial charge >= 0.3 is 18.0 Å². The summed E-state index contributed by atoms with van der Waals surface area (Å²) in [5, 5.41) is 12.9. The Labute approximate surface area is 267 Å². The van der Waals surface area contributed by atoms with Gasteiger partial charge in [0.25, 0.3) is 0 Å². The Balaban J connectivity index is 1.80. The van der Waals surface area contributed by atoms with Gasteiger partial charge in [-0.1, -0.05) is 48.0 Å². The van der Waals surface area contributed by atoms with Crippen LogP contribution in [0.25, 0.3) is 0 Å². The van der Waals surface area contributed by atoms with Crippen molar-refractivity contribution in [2.45, 2.75) is 149 Å². The third kappa shape index (κ3) is 9.44. The number of rotatable bonds is 9. The molecule has 2 aliphatic rings. The van der Waals surface area contributed by atoms with Gasteiger partial charge in [0, 0.05) is 16.8 Å². The van der Waals surface area contributed by atoms with E-state index in [2.05, 4.69) is 12.2 Å². The molecule has 0 spiro atoms. The molecule has 2 fully saturated rings. The zero-order valence-corrected chi connectivity index (χ0v) is 29.0. The van der Waals surface area contributed by atoms with Crippen molar-refractivity contribution in [2.75, 3.05) is 4.90 Å². The van der Waals surface area contributed by atoms with Crippen molar-refractivity contribution in [2.24, 2.45) is 17.8 Å². The van der Waals surface area contributed by atoms with Crippen LogP contribution in [0.2, 0.25) is 0 Å². The fraction of sp³-hybridized carbons (Fsp3) is 0.765. The number of hydrogen-bond acceptors (Lipinski definition) is 7. The van der Waals surface area contributed by atoms with Gasteiger partial charge in [0.05, 0.1) is 5.69 Å². The minimum Gasteiger partial charge on any atom is -0.477 e. The van der Waals surface area contributed by atoms with Crippen molar-refractivity contribution in [3.63, 3.8) is 0 Å². The monoisotopic (exact) mass is 634 g/mol. The Morgan fingerprint density at radius 2 is 1.59 bits per heavy atom. The summed E-state index contributed by atoms with van der Waals surface area (Å²) < 4.78 is 11.3. The Hall–Kier alpha value is -2.62. The first kappa shape index (κ1) is 35.9. The zero-order chi connectivity index (χ0) is 33.0. The molecule has 1 aromatic heterocycles. The molecule has 2 amide bonds. The number of hydrogen-bond donors (Lipinski definition) is 2. The highest BCUT2D eigenvalue weighted by Gasteiger charge is 2.39. The van der Waals surface area contributed by atoms with Crippen molar-refractivity contribution < 1.29 is 33.8 Å². The molecule has 0 saturated heterocycles. The summed E-state index contributed by atoms with van der Waals surface area (Å²) in [5.74, 6) is -1.19. The lowest BCUT2D eigenvalue weighted by Crippen LogP contribution is -2.50. The highest BCUT2D eigenvalue weighted by Crippen LogP contribution is 2.42. The number of alkyl carbamates (subject to hydrolysis) is 1. The largest absolute Gasteiger partial charge is 0.477 e. The number of nitrogens with one attached hydrogen (secondary N) is 1. The molecular formula is C34H54N2O7S. The van der Waals surface area contributed by atoms with Crippen LogP contribution in [-0.2, 0) is 24.5 Å². The van der Waals surface area contributed by atoms with Gasteiger partial charge < -0.3 is 24.8 Å². The minimum atomic E-state index is -1.02. The predicted octanol–water partition coefficient (Wildman–Crippen LogP) is 7.70. The topological polar surface area (TPSA) is 122 Å². The van der Waals surface area contributed by atoms with Crippen LogP contribution >= 0.6 is 11.3 Å². The highest BCUT2D eigenvalue weighted by atomic mass is 32.1. The highest BCUT2D eigenvalue weighted by molar-refractivity contribution is 7.14. The lowest BCUT2D eigenvalue weighted by Gasteiger charge is -2.39. The Morgan fingerprint density at radius 1 is 1.00 bits per heavy atom. The molecule has 2 N–H and O–H groups in total. The average Bonchev–Trinajstić information content (AvgIpc) is 3.38. The molecule has 0 radical (unpaired) electrons. The van der Waals surface area contributed by atoms with Gasteiger partial charge in [-0.2, -0.15) is 0 Å². The lowest BCUT2D eigenvalue weighted by atomic mass is 9.81. The van der Waals surface area contributed by atoms with Gasteiger partial charge in [0.15, 0.2) is 0 Å². The van der Waals surface area contributed by atoms with Gasteiger partial charge in [-0.3, -0.25) is 4.79 Å². The van der Waals surface area contributed by atoms with E-state index in [-0.39, 0.29) is 40.2 Å². The maximum Gasteiger partial charge on any atom is 0.408 e. The van der Waals surface area contributed by atoms with Gasteiger partial charge in [-0.05, 0) is 95.5 Å². The molecule has 0 aromatic carbocycles. The fourth-order valence-corrected chi connectivity index (χ4v) is 7.09. The molecule has 44 heavy (non-hydrogen) atoms. The smallest absolute Gasteiger partial charge is 0.408 e. The molecule has 2 aliphatic carbocycles. The fourth-order valence-electron chi connectivity index (χ4n) is 6.04. The molecule has 1 heterocycles. The van der Waals surface area contributed by atoms with Gasteiger partial charge in [0.1, 0.15) is 22.6 Å².